The molecule has 1 aromatic heterocycles. The van der Waals surface area contributed by atoms with Crippen molar-refractivity contribution in [3.8, 4) is 11.4 Å². The van der Waals surface area contributed by atoms with Gasteiger partial charge in [0, 0.05) is 30.7 Å². The number of ether oxygens (including phenoxy) is 1. The van der Waals surface area contributed by atoms with E-state index >= 15 is 0 Å². The van der Waals surface area contributed by atoms with Gasteiger partial charge in [-0.1, -0.05) is 36.7 Å². The van der Waals surface area contributed by atoms with E-state index in [4.69, 9.17) is 16.3 Å². The summed E-state index contributed by atoms with van der Waals surface area (Å²) in [6.45, 7) is 4.82. The maximum Gasteiger partial charge on any atom is 0.254 e. The van der Waals surface area contributed by atoms with Crippen molar-refractivity contribution in [3.63, 3.8) is 0 Å². The molecule has 0 unspecified atom stereocenters. The van der Waals surface area contributed by atoms with E-state index in [1.54, 1.807) is 18.0 Å². The number of hydrogen-bond donors (Lipinski definition) is 1. The highest BCUT2D eigenvalue weighted by molar-refractivity contribution is 6.30. The second-order valence-corrected chi connectivity index (χ2v) is 8.56. The summed E-state index contributed by atoms with van der Waals surface area (Å²) in [5.74, 6) is 0.830. The minimum absolute atomic E-state index is 0.0543. The predicted octanol–water partition coefficient (Wildman–Crippen LogP) is 4.49. The minimum Gasteiger partial charge on any atom is -0.497 e. The third kappa shape index (κ3) is 5.14. The zero-order chi connectivity index (χ0) is 22.5. The summed E-state index contributed by atoms with van der Waals surface area (Å²) in [7, 11) is 1.69. The zero-order valence-corrected chi connectivity index (χ0v) is 19.3. The summed E-state index contributed by atoms with van der Waals surface area (Å²) in [6, 6.07) is 15.9. The fourth-order valence-electron chi connectivity index (χ4n) is 4.26. The number of hydrogen-bond acceptors (Lipinski definition) is 4. The van der Waals surface area contributed by atoms with E-state index in [1.807, 2.05) is 43.3 Å². The van der Waals surface area contributed by atoms with E-state index in [-0.39, 0.29) is 11.9 Å². The van der Waals surface area contributed by atoms with Gasteiger partial charge in [-0.15, -0.1) is 0 Å². The van der Waals surface area contributed by atoms with Crippen molar-refractivity contribution in [2.24, 2.45) is 0 Å². The van der Waals surface area contributed by atoms with Gasteiger partial charge >= 0.3 is 0 Å². The molecule has 1 amide bonds. The molecule has 0 spiro atoms. The summed E-state index contributed by atoms with van der Waals surface area (Å²) in [5, 5.41) is 8.33. The monoisotopic (exact) mass is 452 g/mol. The molecular weight excluding hydrogens is 424 g/mol. The van der Waals surface area contributed by atoms with Gasteiger partial charge in [-0.2, -0.15) is 5.10 Å². The molecule has 3 aromatic rings. The van der Waals surface area contributed by atoms with E-state index < -0.39 is 0 Å². The van der Waals surface area contributed by atoms with Crippen molar-refractivity contribution in [1.82, 2.24) is 20.0 Å². The van der Waals surface area contributed by atoms with Crippen LogP contribution >= 0.6 is 11.6 Å². The fourth-order valence-corrected chi connectivity index (χ4v) is 4.45. The Morgan fingerprint density at radius 2 is 1.97 bits per heavy atom. The Morgan fingerprint density at radius 1 is 1.19 bits per heavy atom. The van der Waals surface area contributed by atoms with E-state index in [2.05, 4.69) is 27.4 Å². The number of piperidine rings is 1. The first-order valence-electron chi connectivity index (χ1n) is 11.1. The lowest BCUT2D eigenvalue weighted by Gasteiger charge is -2.32. The van der Waals surface area contributed by atoms with Crippen LogP contribution in [0.4, 0.5) is 0 Å². The molecule has 0 atom stereocenters. The molecule has 0 bridgehead atoms. The summed E-state index contributed by atoms with van der Waals surface area (Å²) in [4.78, 5) is 15.5. The number of rotatable bonds is 7. The molecule has 1 N–H and O–H groups in total. The van der Waals surface area contributed by atoms with Crippen LogP contribution in [0.1, 0.15) is 41.4 Å². The van der Waals surface area contributed by atoms with Crippen LogP contribution in [0, 0.1) is 0 Å². The Bertz CT molecular complexity index is 1070. The smallest absolute Gasteiger partial charge is 0.254 e. The minimum atomic E-state index is -0.0543. The highest BCUT2D eigenvalue weighted by Crippen LogP contribution is 2.21. The first kappa shape index (κ1) is 22.4. The lowest BCUT2D eigenvalue weighted by Crippen LogP contribution is -2.44. The van der Waals surface area contributed by atoms with Crippen molar-refractivity contribution < 1.29 is 9.53 Å². The molecule has 7 heteroatoms. The van der Waals surface area contributed by atoms with Crippen LogP contribution in [0.15, 0.2) is 54.7 Å². The van der Waals surface area contributed by atoms with Gasteiger partial charge in [-0.05, 0) is 55.2 Å². The Balaban J connectivity index is 1.36. The van der Waals surface area contributed by atoms with Crippen LogP contribution in [0.2, 0.25) is 5.02 Å². The third-order valence-corrected chi connectivity index (χ3v) is 6.20. The van der Waals surface area contributed by atoms with Gasteiger partial charge in [-0.25, -0.2) is 4.68 Å². The van der Waals surface area contributed by atoms with Crippen LogP contribution < -0.4 is 10.1 Å². The van der Waals surface area contributed by atoms with Gasteiger partial charge in [0.1, 0.15) is 5.75 Å². The topological polar surface area (TPSA) is 59.4 Å². The molecule has 1 fully saturated rings. The molecule has 1 saturated heterocycles. The molecule has 2 heterocycles. The zero-order valence-electron chi connectivity index (χ0n) is 18.6. The number of amides is 1. The van der Waals surface area contributed by atoms with Crippen LogP contribution in [0.3, 0.4) is 0 Å². The van der Waals surface area contributed by atoms with Crippen molar-refractivity contribution in [3.05, 3.63) is 76.6 Å². The second-order valence-electron chi connectivity index (χ2n) is 8.13. The SMILES string of the molecule is CCc1c(C(=O)NC2CCN(Cc3cccc(OC)c3)CC2)cnn1-c1cccc(Cl)c1. The van der Waals surface area contributed by atoms with Crippen LogP contribution in [0.5, 0.6) is 5.75 Å². The Labute approximate surface area is 194 Å². The Hall–Kier alpha value is -2.83. The van der Waals surface area contributed by atoms with Gasteiger partial charge in [0.25, 0.3) is 5.91 Å². The van der Waals surface area contributed by atoms with E-state index in [0.29, 0.717) is 17.0 Å². The standard InChI is InChI=1S/C25H29ClN4O2/c1-3-24-23(16-27-30(24)21-8-5-7-19(26)15-21)25(31)28-20-10-12-29(13-11-20)17-18-6-4-9-22(14-18)32-2/h4-9,14-16,20H,3,10-13,17H2,1-2H3,(H,28,31). The number of benzene rings is 2. The van der Waals surface area contributed by atoms with Gasteiger partial charge < -0.3 is 10.1 Å². The average molecular weight is 453 g/mol. The quantitative estimate of drug-likeness (QED) is 0.573. The molecule has 0 aliphatic carbocycles. The number of aromatic nitrogens is 2. The summed E-state index contributed by atoms with van der Waals surface area (Å²) >= 11 is 6.14. The predicted molar refractivity (Wildman–Crippen MR) is 127 cm³/mol. The lowest BCUT2D eigenvalue weighted by molar-refractivity contribution is 0.0908. The van der Waals surface area contributed by atoms with Gasteiger partial charge in [-0.3, -0.25) is 9.69 Å². The first-order chi connectivity index (χ1) is 15.6. The fraction of sp³-hybridized carbons (Fsp3) is 0.360. The largest absolute Gasteiger partial charge is 0.497 e. The molecule has 1 aliphatic rings. The number of halogens is 1. The number of methoxy groups -OCH3 is 1. The molecule has 168 valence electrons. The molecule has 1 aliphatic heterocycles. The number of nitrogens with zero attached hydrogens (tertiary/aromatic N) is 3. The number of carbonyl (C=O) groups excluding carboxylic acids is 1. The number of likely N-dealkylation sites (tertiary alicyclic amines) is 1. The van der Waals surface area contributed by atoms with Crippen LogP contribution in [-0.4, -0.2) is 46.8 Å². The van der Waals surface area contributed by atoms with E-state index in [9.17, 15) is 4.79 Å². The van der Waals surface area contributed by atoms with Crippen molar-refractivity contribution in [2.75, 3.05) is 20.2 Å². The van der Waals surface area contributed by atoms with Crippen molar-refractivity contribution in [1.29, 1.82) is 0 Å². The van der Waals surface area contributed by atoms with Gasteiger partial charge in [0.2, 0.25) is 0 Å². The first-order valence-corrected chi connectivity index (χ1v) is 11.4. The molecule has 6 nitrogen and oxygen atoms in total. The molecule has 4 rings (SSSR count). The van der Waals surface area contributed by atoms with Gasteiger partial charge in [0.05, 0.1) is 30.3 Å². The van der Waals surface area contributed by atoms with E-state index in [1.165, 1.54) is 5.56 Å². The third-order valence-electron chi connectivity index (χ3n) is 5.96. The number of nitrogens with one attached hydrogen (secondary N) is 1. The maximum atomic E-state index is 13.0. The second kappa shape index (κ2) is 10.2. The highest BCUT2D eigenvalue weighted by atomic mass is 35.5. The summed E-state index contributed by atoms with van der Waals surface area (Å²) in [5.41, 5.74) is 3.62. The summed E-state index contributed by atoms with van der Waals surface area (Å²) < 4.78 is 7.13. The van der Waals surface area contributed by atoms with E-state index in [0.717, 1.165) is 49.6 Å². The summed E-state index contributed by atoms with van der Waals surface area (Å²) in [6.07, 6.45) is 4.22. The molecule has 0 saturated carbocycles. The maximum absolute atomic E-state index is 13.0. The molecule has 2 aromatic carbocycles. The number of carbonyl (C=O) groups is 1. The van der Waals surface area contributed by atoms with Crippen molar-refractivity contribution >= 4 is 17.5 Å². The van der Waals surface area contributed by atoms with Crippen molar-refractivity contribution in [2.45, 2.75) is 38.8 Å². The Kier molecular flexibility index (Phi) is 7.12. The average Bonchev–Trinajstić information content (AvgIpc) is 3.25. The lowest BCUT2D eigenvalue weighted by atomic mass is 10.0. The normalized spacial score (nSPS) is 15.0. The molecule has 32 heavy (non-hydrogen) atoms. The highest BCUT2D eigenvalue weighted by Gasteiger charge is 2.24. The van der Waals surface area contributed by atoms with Crippen LogP contribution in [0.25, 0.3) is 5.69 Å². The molecular formula is C25H29ClN4O2. The van der Waals surface area contributed by atoms with Crippen LogP contribution in [-0.2, 0) is 13.0 Å². The molecule has 0 radical (unpaired) electrons. The Morgan fingerprint density at radius 3 is 2.69 bits per heavy atom. The van der Waals surface area contributed by atoms with Gasteiger partial charge in [0.15, 0.2) is 0 Å².